The van der Waals surface area contributed by atoms with E-state index in [1.54, 1.807) is 41.8 Å². The van der Waals surface area contributed by atoms with Gasteiger partial charge in [-0.05, 0) is 29.6 Å². The maximum absolute atomic E-state index is 12.1. The molecule has 0 fully saturated rings. The highest BCUT2D eigenvalue weighted by molar-refractivity contribution is 7.12. The number of amides is 1. The Morgan fingerprint density at radius 3 is 2.52 bits per heavy atom. The zero-order valence-corrected chi connectivity index (χ0v) is 14.3. The molecular weight excluding hydrogens is 374 g/mol. The van der Waals surface area contributed by atoms with Crippen LogP contribution in [0.4, 0.5) is 5.69 Å². The zero-order valence-electron chi connectivity index (χ0n) is 10.4. The fourth-order valence-corrected chi connectivity index (χ4v) is 2.70. The van der Waals surface area contributed by atoms with E-state index in [-0.39, 0.29) is 5.91 Å². The lowest BCUT2D eigenvalue weighted by atomic mass is 10.3. The Morgan fingerprint density at radius 2 is 1.95 bits per heavy atom. The lowest BCUT2D eigenvalue weighted by Gasteiger charge is -2.27. The molecule has 8 heteroatoms. The molecule has 112 valence electrons. The Hall–Kier alpha value is -0.650. The number of alkyl halides is 3. The average Bonchev–Trinajstić information content (AvgIpc) is 2.90. The second-order valence-corrected chi connectivity index (χ2v) is 7.83. The summed E-state index contributed by atoms with van der Waals surface area (Å²) in [6, 6.07) is 10.4. The first-order valence-corrected chi connectivity index (χ1v) is 8.18. The minimum absolute atomic E-state index is 0.323. The van der Waals surface area contributed by atoms with E-state index in [0.717, 1.165) is 0 Å². The van der Waals surface area contributed by atoms with Gasteiger partial charge in [0.05, 0.1) is 4.88 Å². The fourth-order valence-electron chi connectivity index (χ4n) is 1.55. The van der Waals surface area contributed by atoms with Crippen molar-refractivity contribution in [1.29, 1.82) is 0 Å². The smallest absolute Gasteiger partial charge is 0.263 e. The molecule has 1 aromatic heterocycles. The lowest BCUT2D eigenvalue weighted by molar-refractivity contribution is 0.0946. The van der Waals surface area contributed by atoms with Gasteiger partial charge in [0.1, 0.15) is 6.17 Å². The standard InChI is InChI=1S/C13H10Cl4N2OS/c14-8-3-1-4-9(7-8)18-12(13(15,16)17)19-11(20)10-5-2-6-21-10/h1-7,12,18H,(H,19,20)/t12-/m0/s1. The third-order valence-corrected chi connectivity index (χ3v) is 4.24. The fraction of sp³-hybridized carbons (Fsp3) is 0.154. The Kier molecular flexibility index (Phi) is 5.63. The number of carbonyl (C=O) groups excluding carboxylic acids is 1. The highest BCUT2D eigenvalue weighted by atomic mass is 35.6. The molecule has 0 aliphatic rings. The summed E-state index contributed by atoms with van der Waals surface area (Å²) < 4.78 is -1.73. The second-order valence-electron chi connectivity index (χ2n) is 4.08. The maximum Gasteiger partial charge on any atom is 0.263 e. The quantitative estimate of drug-likeness (QED) is 0.579. The van der Waals surface area contributed by atoms with Crippen LogP contribution in [0.1, 0.15) is 9.67 Å². The molecule has 0 aliphatic carbocycles. The van der Waals surface area contributed by atoms with Gasteiger partial charge in [-0.3, -0.25) is 4.79 Å². The summed E-state index contributed by atoms with van der Waals surface area (Å²) in [6.07, 6.45) is -0.907. The first kappa shape index (κ1) is 16.7. The third-order valence-electron chi connectivity index (χ3n) is 2.48. The molecule has 21 heavy (non-hydrogen) atoms. The Morgan fingerprint density at radius 1 is 1.19 bits per heavy atom. The van der Waals surface area contributed by atoms with Gasteiger partial charge in [0, 0.05) is 10.7 Å². The summed E-state index contributed by atoms with van der Waals surface area (Å²) in [4.78, 5) is 12.6. The van der Waals surface area contributed by atoms with E-state index in [1.165, 1.54) is 11.3 Å². The first-order chi connectivity index (χ1) is 9.86. The van der Waals surface area contributed by atoms with E-state index in [9.17, 15) is 4.79 Å². The number of hydrogen-bond donors (Lipinski definition) is 2. The number of thiophene rings is 1. The van der Waals surface area contributed by atoms with Gasteiger partial charge in [-0.25, -0.2) is 0 Å². The summed E-state index contributed by atoms with van der Waals surface area (Å²) in [5.41, 5.74) is 0.630. The van der Waals surface area contributed by atoms with Crippen LogP contribution in [0.3, 0.4) is 0 Å². The molecule has 2 rings (SSSR count). The molecule has 0 aliphatic heterocycles. The number of anilines is 1. The largest absolute Gasteiger partial charge is 0.362 e. The number of halogens is 4. The Balaban J connectivity index is 2.14. The van der Waals surface area contributed by atoms with E-state index in [1.807, 2.05) is 0 Å². The lowest BCUT2D eigenvalue weighted by Crippen LogP contribution is -2.48. The van der Waals surface area contributed by atoms with Gasteiger partial charge in [0.15, 0.2) is 0 Å². The molecule has 3 nitrogen and oxygen atoms in total. The highest BCUT2D eigenvalue weighted by Crippen LogP contribution is 2.31. The van der Waals surface area contributed by atoms with E-state index < -0.39 is 9.96 Å². The maximum atomic E-state index is 12.1. The van der Waals surface area contributed by atoms with Crippen LogP contribution in [0.2, 0.25) is 5.02 Å². The van der Waals surface area contributed by atoms with E-state index >= 15 is 0 Å². The predicted octanol–water partition coefficient (Wildman–Crippen LogP) is 4.94. The summed E-state index contributed by atoms with van der Waals surface area (Å²) in [7, 11) is 0. The van der Waals surface area contributed by atoms with Crippen molar-refractivity contribution < 1.29 is 4.79 Å². The Bertz CT molecular complexity index is 613. The SMILES string of the molecule is O=C(N[C@H](Nc1cccc(Cl)c1)C(Cl)(Cl)Cl)c1cccs1. The summed E-state index contributed by atoms with van der Waals surface area (Å²) in [5.74, 6) is -0.323. The first-order valence-electron chi connectivity index (χ1n) is 5.79. The van der Waals surface area contributed by atoms with Crippen molar-refractivity contribution in [3.05, 3.63) is 51.7 Å². The van der Waals surface area contributed by atoms with E-state index in [0.29, 0.717) is 15.6 Å². The van der Waals surface area contributed by atoms with Crippen molar-refractivity contribution >= 4 is 69.3 Å². The molecule has 0 spiro atoms. The van der Waals surface area contributed by atoms with Crippen LogP contribution in [-0.4, -0.2) is 15.9 Å². The van der Waals surface area contributed by atoms with Crippen LogP contribution in [0.15, 0.2) is 41.8 Å². The Labute approximate surface area is 146 Å². The van der Waals surface area contributed by atoms with Gasteiger partial charge in [-0.1, -0.05) is 58.5 Å². The monoisotopic (exact) mass is 382 g/mol. The molecule has 0 saturated carbocycles. The van der Waals surface area contributed by atoms with Crippen molar-refractivity contribution in [1.82, 2.24) is 5.32 Å². The third kappa shape index (κ3) is 4.94. The summed E-state index contributed by atoms with van der Waals surface area (Å²) in [6.45, 7) is 0. The molecule has 0 saturated heterocycles. The van der Waals surface area contributed by atoms with Crippen LogP contribution in [0, 0.1) is 0 Å². The minimum atomic E-state index is -1.73. The number of hydrogen-bond acceptors (Lipinski definition) is 3. The van der Waals surface area contributed by atoms with Crippen LogP contribution >= 0.6 is 57.7 Å². The van der Waals surface area contributed by atoms with Gasteiger partial charge in [0.25, 0.3) is 5.91 Å². The van der Waals surface area contributed by atoms with Crippen molar-refractivity contribution in [2.75, 3.05) is 5.32 Å². The van der Waals surface area contributed by atoms with Crippen LogP contribution in [0.25, 0.3) is 0 Å². The molecule has 2 aromatic rings. The topological polar surface area (TPSA) is 41.1 Å². The molecule has 1 amide bonds. The number of carbonyl (C=O) groups is 1. The van der Waals surface area contributed by atoms with Crippen molar-refractivity contribution in [3.63, 3.8) is 0 Å². The highest BCUT2D eigenvalue weighted by Gasteiger charge is 2.34. The molecular formula is C13H10Cl4N2OS. The normalized spacial score (nSPS) is 12.8. The van der Waals surface area contributed by atoms with E-state index in [2.05, 4.69) is 10.6 Å². The van der Waals surface area contributed by atoms with Gasteiger partial charge >= 0.3 is 0 Å². The predicted molar refractivity (Wildman–Crippen MR) is 90.9 cm³/mol. The summed E-state index contributed by atoms with van der Waals surface area (Å²) in [5, 5.41) is 7.92. The minimum Gasteiger partial charge on any atom is -0.362 e. The van der Waals surface area contributed by atoms with Crippen molar-refractivity contribution in [2.24, 2.45) is 0 Å². The molecule has 2 N–H and O–H groups in total. The van der Waals surface area contributed by atoms with Gasteiger partial charge < -0.3 is 10.6 Å². The molecule has 0 bridgehead atoms. The zero-order chi connectivity index (χ0) is 15.5. The second kappa shape index (κ2) is 7.07. The molecule has 0 unspecified atom stereocenters. The van der Waals surface area contributed by atoms with Crippen molar-refractivity contribution in [3.8, 4) is 0 Å². The number of rotatable bonds is 4. The molecule has 0 radical (unpaired) electrons. The molecule has 1 heterocycles. The van der Waals surface area contributed by atoms with E-state index in [4.69, 9.17) is 46.4 Å². The van der Waals surface area contributed by atoms with Crippen LogP contribution < -0.4 is 10.6 Å². The van der Waals surface area contributed by atoms with Crippen molar-refractivity contribution in [2.45, 2.75) is 9.96 Å². The molecule has 1 atom stereocenters. The van der Waals surface area contributed by atoms with Gasteiger partial charge in [-0.15, -0.1) is 11.3 Å². The molecule has 1 aromatic carbocycles. The number of benzene rings is 1. The number of nitrogens with one attached hydrogen (secondary N) is 2. The van der Waals surface area contributed by atoms with Gasteiger partial charge in [-0.2, -0.15) is 0 Å². The van der Waals surface area contributed by atoms with Gasteiger partial charge in [0.2, 0.25) is 3.79 Å². The summed E-state index contributed by atoms with van der Waals surface area (Å²) >= 11 is 25.0. The van der Waals surface area contributed by atoms with Crippen LogP contribution in [-0.2, 0) is 0 Å². The van der Waals surface area contributed by atoms with Crippen LogP contribution in [0.5, 0.6) is 0 Å². The average molecular weight is 384 g/mol.